The Morgan fingerprint density at radius 1 is 1.60 bits per heavy atom. The molecule has 0 saturated heterocycles. The minimum Gasteiger partial charge on any atom is -0.382 e. The standard InChI is InChI=1S/C8H11F3N2O2/c1-5-2-6(13-15-5)3-12-4-7(14)8(9,10)11/h2,7,12,14H,3-4H2,1H3. The third-order valence-corrected chi connectivity index (χ3v) is 1.70. The van der Waals surface area contributed by atoms with E-state index in [1.165, 1.54) is 0 Å². The number of aliphatic hydroxyl groups excluding tert-OH is 1. The maximum atomic E-state index is 11.9. The van der Waals surface area contributed by atoms with Crippen LogP contribution in [0, 0.1) is 6.92 Å². The lowest BCUT2D eigenvalue weighted by Gasteiger charge is -2.14. The van der Waals surface area contributed by atoms with E-state index in [-0.39, 0.29) is 6.54 Å². The summed E-state index contributed by atoms with van der Waals surface area (Å²) in [7, 11) is 0. The first-order valence-corrected chi connectivity index (χ1v) is 4.27. The van der Waals surface area contributed by atoms with E-state index in [1.807, 2.05) is 0 Å². The minimum absolute atomic E-state index is 0.129. The lowest BCUT2D eigenvalue weighted by molar-refractivity contribution is -0.201. The van der Waals surface area contributed by atoms with Crippen LogP contribution in [0.1, 0.15) is 11.5 Å². The Hall–Kier alpha value is -1.08. The summed E-state index contributed by atoms with van der Waals surface area (Å²) in [6.07, 6.45) is -6.95. The Kier molecular flexibility index (Phi) is 3.70. The predicted molar refractivity (Wildman–Crippen MR) is 45.0 cm³/mol. The van der Waals surface area contributed by atoms with E-state index >= 15 is 0 Å². The third kappa shape index (κ3) is 3.88. The fraction of sp³-hybridized carbons (Fsp3) is 0.625. The fourth-order valence-electron chi connectivity index (χ4n) is 0.954. The van der Waals surface area contributed by atoms with Crippen molar-refractivity contribution in [2.45, 2.75) is 25.7 Å². The molecule has 0 aliphatic carbocycles. The van der Waals surface area contributed by atoms with Crippen LogP contribution in [0.15, 0.2) is 10.6 Å². The van der Waals surface area contributed by atoms with Crippen molar-refractivity contribution in [1.29, 1.82) is 0 Å². The second kappa shape index (κ2) is 4.63. The second-order valence-electron chi connectivity index (χ2n) is 3.12. The molecule has 0 fully saturated rings. The molecule has 1 heterocycles. The Balaban J connectivity index is 2.28. The van der Waals surface area contributed by atoms with Crippen LogP contribution in [0.5, 0.6) is 0 Å². The summed E-state index contributed by atoms with van der Waals surface area (Å²) >= 11 is 0. The van der Waals surface area contributed by atoms with Crippen LogP contribution in [0.25, 0.3) is 0 Å². The van der Waals surface area contributed by atoms with Crippen molar-refractivity contribution in [3.05, 3.63) is 17.5 Å². The highest BCUT2D eigenvalue weighted by atomic mass is 19.4. The van der Waals surface area contributed by atoms with Crippen LogP contribution < -0.4 is 5.32 Å². The summed E-state index contributed by atoms with van der Waals surface area (Å²) in [5, 5.41) is 14.6. The lowest BCUT2D eigenvalue weighted by atomic mass is 10.3. The Labute approximate surface area is 84.1 Å². The van der Waals surface area contributed by atoms with Gasteiger partial charge in [-0.2, -0.15) is 13.2 Å². The number of aromatic nitrogens is 1. The smallest absolute Gasteiger partial charge is 0.382 e. The van der Waals surface area contributed by atoms with Gasteiger partial charge >= 0.3 is 6.18 Å². The van der Waals surface area contributed by atoms with Crippen molar-refractivity contribution >= 4 is 0 Å². The van der Waals surface area contributed by atoms with Crippen molar-refractivity contribution in [2.24, 2.45) is 0 Å². The molecular formula is C8H11F3N2O2. The van der Waals surface area contributed by atoms with Crippen molar-refractivity contribution in [3.8, 4) is 0 Å². The minimum atomic E-state index is -4.59. The summed E-state index contributed by atoms with van der Waals surface area (Å²) in [4.78, 5) is 0. The first kappa shape index (κ1) is 12.0. The molecule has 2 N–H and O–H groups in total. The summed E-state index contributed by atoms with van der Waals surface area (Å²) in [5.74, 6) is 0.586. The average Bonchev–Trinajstić information content (AvgIpc) is 2.49. The van der Waals surface area contributed by atoms with Crippen LogP contribution in [0.2, 0.25) is 0 Å². The summed E-state index contributed by atoms with van der Waals surface area (Å²) in [6, 6.07) is 1.60. The van der Waals surface area contributed by atoms with E-state index in [9.17, 15) is 13.2 Å². The number of alkyl halides is 3. The van der Waals surface area contributed by atoms with Crippen LogP contribution in [0.4, 0.5) is 13.2 Å². The Morgan fingerprint density at radius 3 is 2.73 bits per heavy atom. The zero-order chi connectivity index (χ0) is 11.5. The van der Waals surface area contributed by atoms with Crippen molar-refractivity contribution < 1.29 is 22.8 Å². The van der Waals surface area contributed by atoms with Crippen molar-refractivity contribution in [2.75, 3.05) is 6.54 Å². The molecule has 0 bridgehead atoms. The number of rotatable bonds is 4. The van der Waals surface area contributed by atoms with Crippen LogP contribution >= 0.6 is 0 Å². The van der Waals surface area contributed by atoms with Gasteiger partial charge in [0.05, 0.1) is 5.69 Å². The predicted octanol–water partition coefficient (Wildman–Crippen LogP) is 0.996. The van der Waals surface area contributed by atoms with E-state index < -0.39 is 18.8 Å². The molecule has 7 heteroatoms. The molecular weight excluding hydrogens is 213 g/mol. The molecule has 0 aliphatic rings. The van der Waals surface area contributed by atoms with Gasteiger partial charge < -0.3 is 14.9 Å². The van der Waals surface area contributed by atoms with E-state index in [4.69, 9.17) is 9.63 Å². The molecule has 1 rings (SSSR count). The monoisotopic (exact) mass is 224 g/mol. The highest BCUT2D eigenvalue weighted by Gasteiger charge is 2.37. The van der Waals surface area contributed by atoms with Gasteiger partial charge in [-0.1, -0.05) is 5.16 Å². The van der Waals surface area contributed by atoms with Gasteiger partial charge in [-0.3, -0.25) is 0 Å². The largest absolute Gasteiger partial charge is 0.415 e. The first-order valence-electron chi connectivity index (χ1n) is 4.27. The molecule has 0 radical (unpaired) electrons. The molecule has 4 nitrogen and oxygen atoms in total. The number of hydrogen-bond acceptors (Lipinski definition) is 4. The quantitative estimate of drug-likeness (QED) is 0.800. The summed E-state index contributed by atoms with van der Waals surface area (Å²) in [5.41, 5.74) is 0.502. The molecule has 0 amide bonds. The van der Waals surface area contributed by atoms with Gasteiger partial charge in [-0.25, -0.2) is 0 Å². The van der Waals surface area contributed by atoms with Gasteiger partial charge in [0.15, 0.2) is 6.10 Å². The Bertz CT molecular complexity index is 311. The SMILES string of the molecule is Cc1cc(CNCC(O)C(F)(F)F)no1. The normalized spacial score (nSPS) is 14.2. The molecule has 1 unspecified atom stereocenters. The van der Waals surface area contributed by atoms with E-state index in [1.54, 1.807) is 13.0 Å². The van der Waals surface area contributed by atoms with Crippen molar-refractivity contribution in [1.82, 2.24) is 10.5 Å². The number of nitrogens with zero attached hydrogens (tertiary/aromatic N) is 1. The molecule has 1 aromatic rings. The highest BCUT2D eigenvalue weighted by molar-refractivity contribution is 5.02. The zero-order valence-electron chi connectivity index (χ0n) is 8.01. The molecule has 0 aliphatic heterocycles. The van der Waals surface area contributed by atoms with Gasteiger partial charge in [0.1, 0.15) is 5.76 Å². The molecule has 0 saturated carbocycles. The lowest BCUT2D eigenvalue weighted by Crippen LogP contribution is -2.38. The van der Waals surface area contributed by atoms with E-state index in [2.05, 4.69) is 10.5 Å². The molecule has 1 atom stereocenters. The fourth-order valence-corrected chi connectivity index (χ4v) is 0.954. The highest BCUT2D eigenvalue weighted by Crippen LogP contribution is 2.19. The maximum absolute atomic E-state index is 11.9. The zero-order valence-corrected chi connectivity index (χ0v) is 8.01. The summed E-state index contributed by atoms with van der Waals surface area (Å²) < 4.78 is 40.3. The topological polar surface area (TPSA) is 58.3 Å². The summed E-state index contributed by atoms with van der Waals surface area (Å²) in [6.45, 7) is 1.25. The van der Waals surface area contributed by atoms with Crippen LogP contribution in [-0.4, -0.2) is 29.1 Å². The maximum Gasteiger partial charge on any atom is 0.415 e. The van der Waals surface area contributed by atoms with E-state index in [0.717, 1.165) is 0 Å². The number of hydrogen-bond donors (Lipinski definition) is 2. The first-order chi connectivity index (χ1) is 6.89. The van der Waals surface area contributed by atoms with Crippen LogP contribution in [0.3, 0.4) is 0 Å². The molecule has 1 aromatic heterocycles. The van der Waals surface area contributed by atoms with Gasteiger partial charge in [-0.15, -0.1) is 0 Å². The van der Waals surface area contributed by atoms with Crippen LogP contribution in [-0.2, 0) is 6.54 Å². The molecule has 86 valence electrons. The van der Waals surface area contributed by atoms with Crippen molar-refractivity contribution in [3.63, 3.8) is 0 Å². The van der Waals surface area contributed by atoms with Gasteiger partial charge in [-0.05, 0) is 6.92 Å². The molecule has 15 heavy (non-hydrogen) atoms. The number of aliphatic hydroxyl groups is 1. The number of nitrogens with one attached hydrogen (secondary N) is 1. The van der Waals surface area contributed by atoms with Gasteiger partial charge in [0.25, 0.3) is 0 Å². The van der Waals surface area contributed by atoms with Gasteiger partial charge in [0.2, 0.25) is 0 Å². The average molecular weight is 224 g/mol. The van der Waals surface area contributed by atoms with E-state index in [0.29, 0.717) is 11.5 Å². The molecule has 0 spiro atoms. The second-order valence-corrected chi connectivity index (χ2v) is 3.12. The third-order valence-electron chi connectivity index (χ3n) is 1.70. The number of halogens is 3. The number of aryl methyl sites for hydroxylation is 1. The Morgan fingerprint density at radius 2 is 2.27 bits per heavy atom. The molecule has 0 aromatic carbocycles. The van der Waals surface area contributed by atoms with Gasteiger partial charge in [0, 0.05) is 19.2 Å².